The zero-order valence-electron chi connectivity index (χ0n) is 7.46. The maximum Gasteiger partial charge on any atom is 0.149 e. The van der Waals surface area contributed by atoms with Crippen molar-refractivity contribution in [1.82, 2.24) is 10.4 Å². The maximum absolute atomic E-state index is 10.4. The standard InChI is InChI=1S/C8H14N2O2/c1-7(2)12-10-4-3-9-5-8(10)6-11/h7,9H,3-5H2,1-2H3. The van der Waals surface area contributed by atoms with Crippen molar-refractivity contribution in [3.05, 3.63) is 5.70 Å². The van der Waals surface area contributed by atoms with E-state index in [9.17, 15) is 4.79 Å². The van der Waals surface area contributed by atoms with E-state index in [0.717, 1.165) is 6.54 Å². The largest absolute Gasteiger partial charge is 0.309 e. The van der Waals surface area contributed by atoms with Gasteiger partial charge in [-0.25, -0.2) is 9.86 Å². The Labute approximate surface area is 72.1 Å². The Morgan fingerprint density at radius 2 is 2.42 bits per heavy atom. The average molecular weight is 170 g/mol. The van der Waals surface area contributed by atoms with Crippen molar-refractivity contribution in [2.45, 2.75) is 20.0 Å². The van der Waals surface area contributed by atoms with E-state index in [1.54, 1.807) is 5.06 Å². The minimum absolute atomic E-state index is 0.103. The Kier molecular flexibility index (Phi) is 3.29. The van der Waals surface area contributed by atoms with Crippen LogP contribution in [0.15, 0.2) is 5.70 Å². The van der Waals surface area contributed by atoms with Gasteiger partial charge in [0, 0.05) is 13.1 Å². The van der Waals surface area contributed by atoms with Crippen LogP contribution in [0.4, 0.5) is 0 Å². The number of piperazine rings is 1. The highest BCUT2D eigenvalue weighted by atomic mass is 16.7. The summed E-state index contributed by atoms with van der Waals surface area (Å²) in [4.78, 5) is 15.8. The highest BCUT2D eigenvalue weighted by molar-refractivity contribution is 5.52. The van der Waals surface area contributed by atoms with E-state index in [-0.39, 0.29) is 6.10 Å². The molecule has 0 unspecified atom stereocenters. The second-order valence-corrected chi connectivity index (χ2v) is 2.98. The maximum atomic E-state index is 10.4. The van der Waals surface area contributed by atoms with Crippen molar-refractivity contribution < 1.29 is 9.63 Å². The molecule has 1 aliphatic heterocycles. The average Bonchev–Trinajstić information content (AvgIpc) is 2.04. The SMILES string of the molecule is CC(C)ON1CCNCC1=C=O. The molecule has 1 heterocycles. The molecule has 0 aromatic rings. The van der Waals surface area contributed by atoms with Gasteiger partial charge in [0.05, 0.1) is 12.6 Å². The lowest BCUT2D eigenvalue weighted by Crippen LogP contribution is -2.43. The van der Waals surface area contributed by atoms with Gasteiger partial charge in [-0.15, -0.1) is 0 Å². The van der Waals surface area contributed by atoms with Crippen LogP contribution in [0, 0.1) is 0 Å². The molecule has 0 saturated carbocycles. The summed E-state index contributed by atoms with van der Waals surface area (Å²) in [7, 11) is 0. The predicted octanol–water partition coefficient (Wildman–Crippen LogP) is -0.0529. The Bertz CT molecular complexity index is 197. The van der Waals surface area contributed by atoms with Gasteiger partial charge < -0.3 is 5.32 Å². The van der Waals surface area contributed by atoms with Crippen LogP contribution >= 0.6 is 0 Å². The van der Waals surface area contributed by atoms with Crippen LogP contribution in [0.25, 0.3) is 0 Å². The van der Waals surface area contributed by atoms with Gasteiger partial charge in [0.15, 0.2) is 0 Å². The van der Waals surface area contributed by atoms with Crippen LogP contribution < -0.4 is 5.32 Å². The molecule has 0 atom stereocenters. The van der Waals surface area contributed by atoms with Crippen molar-refractivity contribution in [1.29, 1.82) is 0 Å². The zero-order chi connectivity index (χ0) is 8.97. The minimum Gasteiger partial charge on any atom is -0.309 e. The van der Waals surface area contributed by atoms with E-state index < -0.39 is 0 Å². The van der Waals surface area contributed by atoms with Gasteiger partial charge in [0.2, 0.25) is 0 Å². The molecule has 1 rings (SSSR count). The summed E-state index contributed by atoms with van der Waals surface area (Å²) in [6.45, 7) is 5.98. The molecular formula is C8H14N2O2. The highest BCUT2D eigenvalue weighted by Crippen LogP contribution is 2.06. The first kappa shape index (κ1) is 9.26. The molecule has 4 heteroatoms. The van der Waals surface area contributed by atoms with Crippen molar-refractivity contribution in [3.63, 3.8) is 0 Å². The number of hydrogen-bond acceptors (Lipinski definition) is 4. The third kappa shape index (κ3) is 2.34. The fraction of sp³-hybridized carbons (Fsp3) is 0.750. The Balaban J connectivity index is 2.54. The monoisotopic (exact) mass is 170 g/mol. The van der Waals surface area contributed by atoms with Gasteiger partial charge in [-0.05, 0) is 13.8 Å². The lowest BCUT2D eigenvalue weighted by molar-refractivity contribution is -0.166. The fourth-order valence-electron chi connectivity index (χ4n) is 1.07. The molecule has 4 nitrogen and oxygen atoms in total. The van der Waals surface area contributed by atoms with Gasteiger partial charge in [-0.2, -0.15) is 0 Å². The van der Waals surface area contributed by atoms with Gasteiger partial charge in [-0.1, -0.05) is 0 Å². The smallest absolute Gasteiger partial charge is 0.149 e. The molecule has 0 aliphatic carbocycles. The van der Waals surface area contributed by atoms with Crippen molar-refractivity contribution >= 4 is 5.94 Å². The van der Waals surface area contributed by atoms with Crippen LogP contribution in [0.1, 0.15) is 13.8 Å². The molecular weight excluding hydrogens is 156 g/mol. The first-order valence-corrected chi connectivity index (χ1v) is 4.13. The number of hydroxylamine groups is 2. The number of nitrogens with one attached hydrogen (secondary N) is 1. The third-order valence-electron chi connectivity index (χ3n) is 1.54. The van der Waals surface area contributed by atoms with Crippen LogP contribution in [-0.4, -0.2) is 36.7 Å². The number of nitrogens with zero attached hydrogens (tertiary/aromatic N) is 1. The van der Waals surface area contributed by atoms with Gasteiger partial charge in [-0.3, -0.25) is 4.84 Å². The Morgan fingerprint density at radius 3 is 3.00 bits per heavy atom. The number of carbonyl (C=O) groups excluding carboxylic acids is 1. The molecule has 0 bridgehead atoms. The first-order chi connectivity index (χ1) is 5.74. The molecule has 0 aromatic carbocycles. The van der Waals surface area contributed by atoms with E-state index in [1.165, 1.54) is 0 Å². The van der Waals surface area contributed by atoms with E-state index in [1.807, 2.05) is 19.8 Å². The van der Waals surface area contributed by atoms with Crippen molar-refractivity contribution in [2.75, 3.05) is 19.6 Å². The van der Waals surface area contributed by atoms with Crippen LogP contribution in [0.3, 0.4) is 0 Å². The van der Waals surface area contributed by atoms with Gasteiger partial charge >= 0.3 is 0 Å². The van der Waals surface area contributed by atoms with Crippen LogP contribution in [-0.2, 0) is 9.63 Å². The fourth-order valence-corrected chi connectivity index (χ4v) is 1.07. The topological polar surface area (TPSA) is 41.6 Å². The summed E-state index contributed by atoms with van der Waals surface area (Å²) >= 11 is 0. The van der Waals surface area contributed by atoms with Gasteiger partial charge in [0.1, 0.15) is 11.6 Å². The minimum atomic E-state index is 0.103. The summed E-state index contributed by atoms with van der Waals surface area (Å²) in [5.41, 5.74) is 0.551. The molecule has 1 aliphatic rings. The zero-order valence-corrected chi connectivity index (χ0v) is 7.46. The van der Waals surface area contributed by atoms with Crippen LogP contribution in [0.2, 0.25) is 0 Å². The molecule has 1 saturated heterocycles. The summed E-state index contributed by atoms with van der Waals surface area (Å²) in [5, 5.41) is 4.69. The summed E-state index contributed by atoms with van der Waals surface area (Å²) in [6, 6.07) is 0. The van der Waals surface area contributed by atoms with E-state index in [2.05, 4.69) is 5.32 Å². The van der Waals surface area contributed by atoms with Crippen LogP contribution in [0.5, 0.6) is 0 Å². The second kappa shape index (κ2) is 4.26. The molecule has 0 amide bonds. The molecule has 0 radical (unpaired) electrons. The molecule has 0 spiro atoms. The molecule has 1 N–H and O–H groups in total. The summed E-state index contributed by atoms with van der Waals surface area (Å²) < 4.78 is 0. The van der Waals surface area contributed by atoms with E-state index in [0.29, 0.717) is 18.8 Å². The number of hydrogen-bond donors (Lipinski definition) is 1. The van der Waals surface area contributed by atoms with E-state index in [4.69, 9.17) is 4.84 Å². The normalized spacial score (nSPS) is 18.2. The van der Waals surface area contributed by atoms with Crippen molar-refractivity contribution in [2.24, 2.45) is 0 Å². The molecule has 0 aromatic heterocycles. The third-order valence-corrected chi connectivity index (χ3v) is 1.54. The van der Waals surface area contributed by atoms with Crippen molar-refractivity contribution in [3.8, 4) is 0 Å². The summed E-state index contributed by atoms with van der Waals surface area (Å²) in [5.74, 6) is 1.86. The quantitative estimate of drug-likeness (QED) is 0.590. The second-order valence-electron chi connectivity index (χ2n) is 2.98. The number of rotatable bonds is 2. The predicted molar refractivity (Wildman–Crippen MR) is 45.0 cm³/mol. The molecule has 1 fully saturated rings. The lowest BCUT2D eigenvalue weighted by atomic mass is 10.3. The van der Waals surface area contributed by atoms with E-state index >= 15 is 0 Å². The molecule has 68 valence electrons. The summed E-state index contributed by atoms with van der Waals surface area (Å²) in [6.07, 6.45) is 0.103. The lowest BCUT2D eigenvalue weighted by Gasteiger charge is -2.29. The first-order valence-electron chi connectivity index (χ1n) is 4.13. The Morgan fingerprint density at radius 1 is 1.67 bits per heavy atom. The van der Waals surface area contributed by atoms with Gasteiger partial charge in [0.25, 0.3) is 0 Å². The molecule has 12 heavy (non-hydrogen) atoms. The highest BCUT2D eigenvalue weighted by Gasteiger charge is 2.16. The Hall–Kier alpha value is -0.830.